The third-order valence-electron chi connectivity index (χ3n) is 6.49. The Kier molecular flexibility index (Phi) is 6.34. The third-order valence-corrected chi connectivity index (χ3v) is 6.49. The van der Waals surface area contributed by atoms with Crippen LogP contribution in [0.5, 0.6) is 0 Å². The topological polar surface area (TPSA) is 40.6 Å². The normalized spacial score (nSPS) is 16.8. The molecule has 5 rings (SSSR count). The summed E-state index contributed by atoms with van der Waals surface area (Å²) in [5, 5.41) is 0. The Bertz CT molecular complexity index is 1420. The molecule has 2 amide bonds. The minimum atomic E-state index is -0.488. The molecule has 6 heteroatoms. The van der Waals surface area contributed by atoms with Crippen LogP contribution < -0.4 is 9.80 Å². The van der Waals surface area contributed by atoms with Gasteiger partial charge in [0.1, 0.15) is 11.6 Å². The van der Waals surface area contributed by atoms with Gasteiger partial charge in [0.2, 0.25) is 0 Å². The standard InChI is InChI=1S/C30H24F2N2O2/c1-20-17-28(34(25-13-3-2-4-14-25)30(36)22-10-8-12-24(32)19-22)26-15-5-6-16-27(26)33(20)29(35)21-9-7-11-23(31)18-21/h2-16,18-20,28H,17H2,1H3/t20-,28+/m1/s1. The maximum absolute atomic E-state index is 14.0. The Morgan fingerprint density at radius 3 is 2.08 bits per heavy atom. The van der Waals surface area contributed by atoms with Crippen LogP contribution in [-0.2, 0) is 0 Å². The van der Waals surface area contributed by atoms with E-state index in [1.807, 2.05) is 61.5 Å². The molecule has 0 spiro atoms. The molecule has 1 aliphatic heterocycles. The second-order valence-corrected chi connectivity index (χ2v) is 8.87. The molecule has 2 atom stereocenters. The third kappa shape index (κ3) is 4.38. The van der Waals surface area contributed by atoms with Crippen molar-refractivity contribution in [3.05, 3.63) is 131 Å². The molecule has 1 heterocycles. The summed E-state index contributed by atoms with van der Waals surface area (Å²) in [6, 6.07) is 27.3. The zero-order valence-corrected chi connectivity index (χ0v) is 19.6. The van der Waals surface area contributed by atoms with Crippen molar-refractivity contribution in [1.29, 1.82) is 0 Å². The van der Waals surface area contributed by atoms with Crippen molar-refractivity contribution in [2.75, 3.05) is 9.80 Å². The van der Waals surface area contributed by atoms with Gasteiger partial charge < -0.3 is 9.80 Å². The molecule has 0 saturated heterocycles. The summed E-state index contributed by atoms with van der Waals surface area (Å²) < 4.78 is 27.9. The Balaban J connectivity index is 1.61. The average molecular weight is 483 g/mol. The molecular weight excluding hydrogens is 458 g/mol. The molecule has 4 aromatic carbocycles. The van der Waals surface area contributed by atoms with Crippen LogP contribution in [0.1, 0.15) is 45.7 Å². The maximum atomic E-state index is 14.0. The van der Waals surface area contributed by atoms with E-state index < -0.39 is 17.7 Å². The molecule has 180 valence electrons. The Morgan fingerprint density at radius 2 is 1.39 bits per heavy atom. The van der Waals surface area contributed by atoms with Crippen LogP contribution in [0, 0.1) is 11.6 Å². The van der Waals surface area contributed by atoms with Crippen molar-refractivity contribution >= 4 is 23.2 Å². The minimum absolute atomic E-state index is 0.238. The molecule has 36 heavy (non-hydrogen) atoms. The lowest BCUT2D eigenvalue weighted by molar-refractivity contribution is 0.0965. The van der Waals surface area contributed by atoms with Crippen LogP contribution in [0.4, 0.5) is 20.2 Å². The number of rotatable bonds is 4. The first-order valence-corrected chi connectivity index (χ1v) is 11.8. The number of carbonyl (C=O) groups excluding carboxylic acids is 2. The van der Waals surface area contributed by atoms with Gasteiger partial charge in [-0.25, -0.2) is 8.78 Å². The monoisotopic (exact) mass is 482 g/mol. The first kappa shape index (κ1) is 23.4. The molecule has 0 saturated carbocycles. The van der Waals surface area contributed by atoms with Gasteiger partial charge in [-0.2, -0.15) is 0 Å². The van der Waals surface area contributed by atoms with Crippen LogP contribution in [0.3, 0.4) is 0 Å². The van der Waals surface area contributed by atoms with Crippen LogP contribution in [-0.4, -0.2) is 17.9 Å². The smallest absolute Gasteiger partial charge is 0.258 e. The first-order valence-electron chi connectivity index (χ1n) is 11.8. The summed E-state index contributed by atoms with van der Waals surface area (Å²) >= 11 is 0. The van der Waals surface area contributed by atoms with Crippen LogP contribution in [0.25, 0.3) is 0 Å². The predicted molar refractivity (Wildman–Crippen MR) is 136 cm³/mol. The molecule has 4 nitrogen and oxygen atoms in total. The van der Waals surface area contributed by atoms with Crippen molar-refractivity contribution in [2.45, 2.75) is 25.4 Å². The fourth-order valence-electron chi connectivity index (χ4n) is 4.88. The molecule has 1 aliphatic rings. The Hall–Kier alpha value is -4.32. The molecule has 0 aromatic heterocycles. The van der Waals surface area contributed by atoms with Gasteiger partial charge in [-0.1, -0.05) is 48.5 Å². The van der Waals surface area contributed by atoms with Gasteiger partial charge in [-0.05, 0) is 73.5 Å². The summed E-state index contributed by atoms with van der Waals surface area (Å²) in [5.41, 5.74) is 2.61. The number of fused-ring (bicyclic) bond motifs is 1. The van der Waals surface area contributed by atoms with Gasteiger partial charge in [-0.3, -0.25) is 9.59 Å². The number of anilines is 2. The highest BCUT2D eigenvalue weighted by atomic mass is 19.1. The molecule has 0 unspecified atom stereocenters. The van der Waals surface area contributed by atoms with E-state index in [-0.39, 0.29) is 29.0 Å². The van der Waals surface area contributed by atoms with Gasteiger partial charge in [0.15, 0.2) is 0 Å². The first-order chi connectivity index (χ1) is 17.4. The van der Waals surface area contributed by atoms with E-state index in [0.717, 1.165) is 5.56 Å². The van der Waals surface area contributed by atoms with E-state index in [1.54, 1.807) is 21.9 Å². The van der Waals surface area contributed by atoms with Crippen molar-refractivity contribution in [2.24, 2.45) is 0 Å². The number of benzene rings is 4. The van der Waals surface area contributed by atoms with E-state index in [4.69, 9.17) is 0 Å². The van der Waals surface area contributed by atoms with Gasteiger partial charge >= 0.3 is 0 Å². The number of amides is 2. The SMILES string of the molecule is C[C@@H]1C[C@H](N(C(=O)c2cccc(F)c2)c2ccccc2)c2ccccc2N1C(=O)c1cccc(F)c1. The highest BCUT2D eigenvalue weighted by Gasteiger charge is 2.39. The van der Waals surface area contributed by atoms with E-state index in [0.29, 0.717) is 17.8 Å². The lowest BCUT2D eigenvalue weighted by Crippen LogP contribution is -2.47. The maximum Gasteiger partial charge on any atom is 0.258 e. The molecule has 0 bridgehead atoms. The molecule has 0 radical (unpaired) electrons. The number of carbonyl (C=O) groups is 2. The predicted octanol–water partition coefficient (Wildman–Crippen LogP) is 6.79. The molecule has 0 fully saturated rings. The number of hydrogen-bond donors (Lipinski definition) is 0. The fraction of sp³-hybridized carbons (Fsp3) is 0.133. The summed E-state index contributed by atoms with van der Waals surface area (Å²) in [7, 11) is 0. The second-order valence-electron chi connectivity index (χ2n) is 8.87. The lowest BCUT2D eigenvalue weighted by atomic mass is 9.89. The summed E-state index contributed by atoms with van der Waals surface area (Å²) in [6.45, 7) is 1.91. The van der Waals surface area contributed by atoms with Crippen molar-refractivity contribution in [1.82, 2.24) is 0 Å². The van der Waals surface area contributed by atoms with Crippen molar-refractivity contribution in [3.63, 3.8) is 0 Å². The lowest BCUT2D eigenvalue weighted by Gasteiger charge is -2.43. The summed E-state index contributed by atoms with van der Waals surface area (Å²) in [4.78, 5) is 30.7. The van der Waals surface area contributed by atoms with E-state index in [1.165, 1.54) is 36.4 Å². The minimum Gasteiger partial charge on any atom is -0.305 e. The number of nitrogens with zero attached hydrogens (tertiary/aromatic N) is 2. The van der Waals surface area contributed by atoms with Crippen LogP contribution in [0.2, 0.25) is 0 Å². The van der Waals surface area contributed by atoms with Gasteiger partial charge in [0.05, 0.1) is 6.04 Å². The summed E-state index contributed by atoms with van der Waals surface area (Å²) in [5.74, 6) is -1.61. The average Bonchev–Trinajstić information content (AvgIpc) is 2.89. The zero-order chi connectivity index (χ0) is 25.2. The van der Waals surface area contributed by atoms with E-state index in [2.05, 4.69) is 0 Å². The Morgan fingerprint density at radius 1 is 0.778 bits per heavy atom. The number of halogens is 2. The zero-order valence-electron chi connectivity index (χ0n) is 19.6. The molecule has 0 N–H and O–H groups in total. The second kappa shape index (κ2) is 9.74. The molecular formula is C30H24F2N2O2. The number of hydrogen-bond acceptors (Lipinski definition) is 2. The number of para-hydroxylation sites is 2. The highest BCUT2D eigenvalue weighted by Crippen LogP contribution is 2.43. The van der Waals surface area contributed by atoms with Gasteiger partial charge in [0, 0.05) is 28.5 Å². The molecule has 4 aromatic rings. The quantitative estimate of drug-likeness (QED) is 0.321. The largest absolute Gasteiger partial charge is 0.305 e. The highest BCUT2D eigenvalue weighted by molar-refractivity contribution is 6.09. The summed E-state index contributed by atoms with van der Waals surface area (Å²) in [6.07, 6.45) is 0.439. The molecule has 0 aliphatic carbocycles. The van der Waals surface area contributed by atoms with Crippen LogP contribution in [0.15, 0.2) is 103 Å². The van der Waals surface area contributed by atoms with Gasteiger partial charge in [0.25, 0.3) is 11.8 Å². The van der Waals surface area contributed by atoms with E-state index in [9.17, 15) is 18.4 Å². The van der Waals surface area contributed by atoms with Crippen molar-refractivity contribution < 1.29 is 18.4 Å². The van der Waals surface area contributed by atoms with Crippen molar-refractivity contribution in [3.8, 4) is 0 Å². The van der Waals surface area contributed by atoms with Gasteiger partial charge in [-0.15, -0.1) is 0 Å². The van der Waals surface area contributed by atoms with E-state index >= 15 is 0 Å². The Labute approximate surface area is 208 Å². The van der Waals surface area contributed by atoms with Crippen LogP contribution >= 0.6 is 0 Å². The fourth-order valence-corrected chi connectivity index (χ4v) is 4.88.